The second kappa shape index (κ2) is 4.83. The zero-order valence-corrected chi connectivity index (χ0v) is 11.4. The van der Waals surface area contributed by atoms with Gasteiger partial charge >= 0.3 is 0 Å². The molecule has 82 valence electrons. The van der Waals surface area contributed by atoms with Crippen molar-refractivity contribution in [3.63, 3.8) is 0 Å². The first kappa shape index (κ1) is 11.4. The maximum Gasteiger partial charge on any atom is 0.134 e. The fourth-order valence-corrected chi connectivity index (χ4v) is 2.74. The molecule has 1 unspecified atom stereocenters. The third-order valence-corrected chi connectivity index (χ3v) is 4.12. The van der Waals surface area contributed by atoms with E-state index in [9.17, 15) is 0 Å². The Bertz CT molecular complexity index is 352. The third kappa shape index (κ3) is 3.18. The highest BCUT2D eigenvalue weighted by Crippen LogP contribution is 2.39. The maximum absolute atomic E-state index is 4.61. The van der Waals surface area contributed by atoms with E-state index in [-0.39, 0.29) is 0 Å². The van der Waals surface area contributed by atoms with Gasteiger partial charge in [0.2, 0.25) is 0 Å². The highest BCUT2D eigenvalue weighted by atomic mass is 79.9. The maximum atomic E-state index is 4.61. The van der Waals surface area contributed by atoms with Crippen LogP contribution in [-0.4, -0.2) is 15.2 Å². The van der Waals surface area contributed by atoms with Crippen molar-refractivity contribution in [2.75, 3.05) is 0 Å². The van der Waals surface area contributed by atoms with E-state index >= 15 is 0 Å². The van der Waals surface area contributed by atoms with Gasteiger partial charge in [-0.3, -0.25) is 0 Å². The second-order valence-electron chi connectivity index (χ2n) is 4.00. The minimum absolute atomic E-state index is 0.624. The van der Waals surface area contributed by atoms with Crippen molar-refractivity contribution in [2.45, 2.75) is 49.3 Å². The predicted octanol–water partition coefficient (Wildman–Crippen LogP) is 4.01. The largest absolute Gasteiger partial charge is 0.226 e. The van der Waals surface area contributed by atoms with E-state index in [1.165, 1.54) is 19.3 Å². The summed E-state index contributed by atoms with van der Waals surface area (Å²) in [7, 11) is 0. The molecule has 0 amide bonds. The van der Waals surface area contributed by atoms with Gasteiger partial charge in [0.25, 0.3) is 0 Å². The first-order valence-corrected chi connectivity index (χ1v) is 7.07. The molecule has 0 saturated heterocycles. The summed E-state index contributed by atoms with van der Waals surface area (Å²) in [5, 5.41) is 1.73. The van der Waals surface area contributed by atoms with Gasteiger partial charge in [-0.05, 0) is 35.2 Å². The zero-order valence-electron chi connectivity index (χ0n) is 9.03. The third-order valence-electron chi connectivity index (χ3n) is 2.53. The second-order valence-corrected chi connectivity index (χ2v) is 6.27. The van der Waals surface area contributed by atoms with Crippen LogP contribution < -0.4 is 0 Å². The van der Waals surface area contributed by atoms with E-state index in [1.54, 1.807) is 0 Å². The van der Waals surface area contributed by atoms with Gasteiger partial charge in [0.1, 0.15) is 15.5 Å². The van der Waals surface area contributed by atoms with Gasteiger partial charge < -0.3 is 0 Å². The molecule has 0 N–H and O–H groups in total. The topological polar surface area (TPSA) is 25.8 Å². The van der Waals surface area contributed by atoms with Gasteiger partial charge in [0.05, 0.1) is 0 Å². The molecule has 1 aliphatic rings. The van der Waals surface area contributed by atoms with Crippen LogP contribution in [0.25, 0.3) is 0 Å². The van der Waals surface area contributed by atoms with Crippen LogP contribution >= 0.6 is 27.7 Å². The SMILES string of the molecule is CCC(C)Sc1cc(Br)nc(C2CC2)n1. The quantitative estimate of drug-likeness (QED) is 0.618. The molecule has 2 rings (SSSR count). The number of halogens is 1. The van der Waals surface area contributed by atoms with Gasteiger partial charge in [-0.15, -0.1) is 11.8 Å². The molecule has 1 atom stereocenters. The van der Waals surface area contributed by atoms with Crippen molar-refractivity contribution in [1.82, 2.24) is 9.97 Å². The summed E-state index contributed by atoms with van der Waals surface area (Å²) in [5.74, 6) is 1.65. The molecule has 2 nitrogen and oxygen atoms in total. The average molecular weight is 287 g/mol. The highest BCUT2D eigenvalue weighted by molar-refractivity contribution is 9.10. The van der Waals surface area contributed by atoms with E-state index in [0.717, 1.165) is 15.5 Å². The Morgan fingerprint density at radius 3 is 2.87 bits per heavy atom. The summed E-state index contributed by atoms with van der Waals surface area (Å²) in [5.41, 5.74) is 0. The molecular weight excluding hydrogens is 272 g/mol. The summed E-state index contributed by atoms with van der Waals surface area (Å²) in [4.78, 5) is 9.03. The Morgan fingerprint density at radius 2 is 2.27 bits per heavy atom. The van der Waals surface area contributed by atoms with Crippen molar-refractivity contribution in [3.8, 4) is 0 Å². The summed E-state index contributed by atoms with van der Waals surface area (Å²) in [6, 6.07) is 2.02. The van der Waals surface area contributed by atoms with Crippen LogP contribution in [0.15, 0.2) is 15.7 Å². The molecule has 0 aliphatic heterocycles. The minimum atomic E-state index is 0.624. The number of rotatable bonds is 4. The Labute approximate surface area is 103 Å². The summed E-state index contributed by atoms with van der Waals surface area (Å²) >= 11 is 5.29. The summed E-state index contributed by atoms with van der Waals surface area (Å²) < 4.78 is 0.921. The monoisotopic (exact) mass is 286 g/mol. The Hall–Kier alpha value is -0.0900. The first-order valence-electron chi connectivity index (χ1n) is 5.40. The van der Waals surface area contributed by atoms with Gasteiger partial charge in [-0.1, -0.05) is 13.8 Å². The minimum Gasteiger partial charge on any atom is -0.226 e. The zero-order chi connectivity index (χ0) is 10.8. The van der Waals surface area contributed by atoms with Crippen molar-refractivity contribution in [3.05, 3.63) is 16.5 Å². The van der Waals surface area contributed by atoms with Crippen molar-refractivity contribution >= 4 is 27.7 Å². The van der Waals surface area contributed by atoms with Crippen molar-refractivity contribution < 1.29 is 0 Å². The van der Waals surface area contributed by atoms with Gasteiger partial charge in [0, 0.05) is 17.2 Å². The molecule has 0 aromatic carbocycles. The smallest absolute Gasteiger partial charge is 0.134 e. The lowest BCUT2D eigenvalue weighted by molar-refractivity contribution is 0.854. The van der Waals surface area contributed by atoms with E-state index in [2.05, 4.69) is 39.7 Å². The van der Waals surface area contributed by atoms with E-state index in [4.69, 9.17) is 0 Å². The molecule has 1 aromatic heterocycles. The van der Waals surface area contributed by atoms with Crippen LogP contribution in [0.5, 0.6) is 0 Å². The van der Waals surface area contributed by atoms with Crippen LogP contribution in [0.1, 0.15) is 44.9 Å². The van der Waals surface area contributed by atoms with E-state index in [1.807, 2.05) is 17.8 Å². The lowest BCUT2D eigenvalue weighted by Crippen LogP contribution is -1.98. The molecule has 0 bridgehead atoms. The fourth-order valence-electron chi connectivity index (χ4n) is 1.29. The van der Waals surface area contributed by atoms with Crippen molar-refractivity contribution in [2.24, 2.45) is 0 Å². The van der Waals surface area contributed by atoms with Crippen LogP contribution in [0, 0.1) is 0 Å². The molecule has 1 aromatic rings. The van der Waals surface area contributed by atoms with Crippen LogP contribution in [0.4, 0.5) is 0 Å². The Balaban J connectivity index is 2.15. The number of hydrogen-bond acceptors (Lipinski definition) is 3. The van der Waals surface area contributed by atoms with Crippen LogP contribution in [-0.2, 0) is 0 Å². The average Bonchev–Trinajstić information content (AvgIpc) is 2.99. The van der Waals surface area contributed by atoms with E-state index in [0.29, 0.717) is 11.2 Å². The van der Waals surface area contributed by atoms with Crippen LogP contribution in [0.3, 0.4) is 0 Å². The normalized spacial score (nSPS) is 17.8. The molecule has 0 spiro atoms. The fraction of sp³-hybridized carbons (Fsp3) is 0.636. The summed E-state index contributed by atoms with van der Waals surface area (Å²) in [6.45, 7) is 4.44. The molecular formula is C11H15BrN2S. The molecule has 1 fully saturated rings. The van der Waals surface area contributed by atoms with Gasteiger partial charge in [-0.25, -0.2) is 9.97 Å². The molecule has 1 saturated carbocycles. The molecule has 0 radical (unpaired) electrons. The highest BCUT2D eigenvalue weighted by Gasteiger charge is 2.27. The number of hydrogen-bond donors (Lipinski definition) is 0. The number of thioether (sulfide) groups is 1. The van der Waals surface area contributed by atoms with E-state index < -0.39 is 0 Å². The Kier molecular flexibility index (Phi) is 3.67. The molecule has 15 heavy (non-hydrogen) atoms. The van der Waals surface area contributed by atoms with Gasteiger partial charge in [-0.2, -0.15) is 0 Å². The Morgan fingerprint density at radius 1 is 1.53 bits per heavy atom. The first-order chi connectivity index (χ1) is 7.19. The van der Waals surface area contributed by atoms with Gasteiger partial charge in [0.15, 0.2) is 0 Å². The standard InChI is InChI=1S/C11H15BrN2S/c1-3-7(2)15-10-6-9(12)13-11(14-10)8-4-5-8/h6-8H,3-5H2,1-2H3. The summed E-state index contributed by atoms with van der Waals surface area (Å²) in [6.07, 6.45) is 3.68. The lowest BCUT2D eigenvalue weighted by atomic mass is 10.4. The molecule has 4 heteroatoms. The van der Waals surface area contributed by atoms with Crippen molar-refractivity contribution in [1.29, 1.82) is 0 Å². The number of nitrogens with zero attached hydrogens (tertiary/aromatic N) is 2. The molecule has 1 aliphatic carbocycles. The predicted molar refractivity (Wildman–Crippen MR) is 67.3 cm³/mol. The molecule has 1 heterocycles. The number of aromatic nitrogens is 2. The lowest BCUT2D eigenvalue weighted by Gasteiger charge is -2.08. The van der Waals surface area contributed by atoms with Crippen LogP contribution in [0.2, 0.25) is 0 Å².